The number of benzene rings is 7. The molecule has 0 N–H and O–H groups in total. The highest BCUT2D eigenvalue weighted by Gasteiger charge is 2.22. The van der Waals surface area contributed by atoms with Gasteiger partial charge in [-0.15, -0.1) is 11.3 Å². The van der Waals surface area contributed by atoms with E-state index in [0.717, 1.165) is 5.69 Å². The van der Waals surface area contributed by atoms with Crippen LogP contribution in [0.4, 0.5) is 0 Å². The molecule has 3 heterocycles. The SMILES string of the molecule is c1ccc(-c2ccc3sc4c(ccc5c4c4cccc(-n6c7ccccc7c7ccccc76)c4n5-c4ccccc4)c3c2)cc1. The predicted octanol–water partition coefficient (Wildman–Crippen LogP) is 11.9. The summed E-state index contributed by atoms with van der Waals surface area (Å²) in [5.74, 6) is 0. The third-order valence-electron chi connectivity index (χ3n) is 9.31. The largest absolute Gasteiger partial charge is 0.307 e. The van der Waals surface area contributed by atoms with Gasteiger partial charge >= 0.3 is 0 Å². The average Bonchev–Trinajstić information content (AvgIpc) is 3.76. The zero-order valence-corrected chi connectivity index (χ0v) is 25.1. The number of rotatable bonds is 3. The Morgan fingerprint density at radius 3 is 1.82 bits per heavy atom. The van der Waals surface area contributed by atoms with Gasteiger partial charge in [-0.25, -0.2) is 0 Å². The lowest BCUT2D eigenvalue weighted by Gasteiger charge is -2.14. The summed E-state index contributed by atoms with van der Waals surface area (Å²) in [4.78, 5) is 0. The molecule has 10 aromatic rings. The summed E-state index contributed by atoms with van der Waals surface area (Å²) in [5, 5.41) is 7.76. The first-order valence-electron chi connectivity index (χ1n) is 15.4. The summed E-state index contributed by atoms with van der Waals surface area (Å²) in [7, 11) is 0. The van der Waals surface area contributed by atoms with Crippen LogP contribution in [0.25, 0.3) is 86.3 Å². The lowest BCUT2D eigenvalue weighted by molar-refractivity contribution is 1.13. The fraction of sp³-hybridized carbons (Fsp3) is 0. The molecule has 3 heteroatoms. The molecule has 0 saturated heterocycles. The molecular formula is C42H26N2S. The minimum Gasteiger partial charge on any atom is -0.307 e. The number of thiophene rings is 1. The molecule has 10 rings (SSSR count). The van der Waals surface area contributed by atoms with Gasteiger partial charge in [-0.2, -0.15) is 0 Å². The van der Waals surface area contributed by atoms with Gasteiger partial charge in [0.05, 0.1) is 27.8 Å². The van der Waals surface area contributed by atoms with Crippen molar-refractivity contribution in [2.45, 2.75) is 0 Å². The van der Waals surface area contributed by atoms with Gasteiger partial charge in [0.25, 0.3) is 0 Å². The van der Waals surface area contributed by atoms with Crippen molar-refractivity contribution in [2.24, 2.45) is 0 Å². The normalized spacial score (nSPS) is 12.0. The first-order chi connectivity index (χ1) is 22.3. The fourth-order valence-corrected chi connectivity index (χ4v) is 8.62. The highest BCUT2D eigenvalue weighted by Crippen LogP contribution is 2.46. The number of para-hydroxylation sites is 4. The van der Waals surface area contributed by atoms with Crippen molar-refractivity contribution in [1.29, 1.82) is 0 Å². The molecule has 3 aromatic heterocycles. The van der Waals surface area contributed by atoms with E-state index < -0.39 is 0 Å². The van der Waals surface area contributed by atoms with Gasteiger partial charge in [0.15, 0.2) is 0 Å². The Morgan fingerprint density at radius 1 is 0.400 bits per heavy atom. The van der Waals surface area contributed by atoms with E-state index in [1.807, 2.05) is 11.3 Å². The number of hydrogen-bond acceptors (Lipinski definition) is 1. The van der Waals surface area contributed by atoms with Crippen molar-refractivity contribution in [3.63, 3.8) is 0 Å². The molecule has 0 bridgehead atoms. The Kier molecular flexibility index (Phi) is 5.19. The Labute approximate surface area is 263 Å². The number of fused-ring (bicyclic) bond motifs is 10. The maximum absolute atomic E-state index is 2.47. The van der Waals surface area contributed by atoms with Crippen LogP contribution in [-0.4, -0.2) is 9.13 Å². The predicted molar refractivity (Wildman–Crippen MR) is 193 cm³/mol. The molecule has 210 valence electrons. The summed E-state index contributed by atoms with van der Waals surface area (Å²) in [5.41, 5.74) is 9.74. The fourth-order valence-electron chi connectivity index (χ4n) is 7.38. The van der Waals surface area contributed by atoms with Gasteiger partial charge in [-0.1, -0.05) is 109 Å². The molecule has 0 radical (unpaired) electrons. The first-order valence-corrected chi connectivity index (χ1v) is 16.2. The molecule has 45 heavy (non-hydrogen) atoms. The topological polar surface area (TPSA) is 9.86 Å². The molecular weight excluding hydrogens is 565 g/mol. The van der Waals surface area contributed by atoms with Crippen molar-refractivity contribution in [3.05, 3.63) is 158 Å². The van der Waals surface area contributed by atoms with Crippen LogP contribution >= 0.6 is 11.3 Å². The summed E-state index contributed by atoms with van der Waals surface area (Å²) in [6.07, 6.45) is 0. The molecule has 0 saturated carbocycles. The van der Waals surface area contributed by atoms with Crippen LogP contribution in [-0.2, 0) is 0 Å². The molecule has 7 aromatic carbocycles. The van der Waals surface area contributed by atoms with Crippen molar-refractivity contribution < 1.29 is 0 Å². The number of hydrogen-bond donors (Lipinski definition) is 0. The average molecular weight is 591 g/mol. The van der Waals surface area contributed by atoms with Gasteiger partial charge < -0.3 is 9.13 Å². The van der Waals surface area contributed by atoms with Crippen molar-refractivity contribution in [3.8, 4) is 22.5 Å². The Morgan fingerprint density at radius 2 is 1.07 bits per heavy atom. The van der Waals surface area contributed by atoms with Gasteiger partial charge in [0.2, 0.25) is 0 Å². The van der Waals surface area contributed by atoms with Crippen LogP contribution in [0.2, 0.25) is 0 Å². The van der Waals surface area contributed by atoms with E-state index in [1.54, 1.807) is 0 Å². The van der Waals surface area contributed by atoms with Gasteiger partial charge in [-0.05, 0) is 59.7 Å². The Hall–Kier alpha value is -5.64. The molecule has 0 unspecified atom stereocenters. The van der Waals surface area contributed by atoms with Crippen LogP contribution in [0.1, 0.15) is 0 Å². The van der Waals surface area contributed by atoms with Crippen LogP contribution in [0.15, 0.2) is 158 Å². The molecule has 0 aliphatic rings. The molecule has 0 aliphatic carbocycles. The zero-order valence-electron chi connectivity index (χ0n) is 24.3. The van der Waals surface area contributed by atoms with E-state index in [9.17, 15) is 0 Å². The molecule has 0 amide bonds. The highest BCUT2D eigenvalue weighted by atomic mass is 32.1. The van der Waals surface area contributed by atoms with E-state index in [-0.39, 0.29) is 0 Å². The second-order valence-electron chi connectivity index (χ2n) is 11.7. The second kappa shape index (κ2) is 9.43. The lowest BCUT2D eigenvalue weighted by Crippen LogP contribution is -2.00. The molecule has 0 spiro atoms. The Balaban J connectivity index is 1.36. The maximum Gasteiger partial charge on any atom is 0.0782 e. The lowest BCUT2D eigenvalue weighted by atomic mass is 10.0. The number of nitrogens with zero attached hydrogens (tertiary/aromatic N) is 2. The van der Waals surface area contributed by atoms with Crippen molar-refractivity contribution in [2.75, 3.05) is 0 Å². The smallest absolute Gasteiger partial charge is 0.0782 e. The summed E-state index contributed by atoms with van der Waals surface area (Å²) in [6.45, 7) is 0. The third kappa shape index (κ3) is 3.50. The molecule has 0 aliphatic heterocycles. The van der Waals surface area contributed by atoms with E-state index in [0.29, 0.717) is 0 Å². The quantitative estimate of drug-likeness (QED) is 0.194. The second-order valence-corrected chi connectivity index (χ2v) is 12.8. The standard InChI is InChI=1S/C42H26N2S/c1-3-12-27(13-4-1)28-22-25-39-34(26-28)32-23-24-37-40(42(32)45-39)33-18-11-21-38(41(33)43(37)29-14-5-2-6-15-29)44-35-19-9-7-16-30(35)31-17-8-10-20-36(31)44/h1-26H. The molecule has 0 fully saturated rings. The van der Waals surface area contributed by atoms with Crippen LogP contribution < -0.4 is 0 Å². The van der Waals surface area contributed by atoms with Crippen molar-refractivity contribution in [1.82, 2.24) is 9.13 Å². The molecule has 2 nitrogen and oxygen atoms in total. The van der Waals surface area contributed by atoms with Gasteiger partial charge in [0, 0.05) is 47.4 Å². The summed E-state index contributed by atoms with van der Waals surface area (Å²) < 4.78 is 7.59. The van der Waals surface area contributed by atoms with Crippen molar-refractivity contribution >= 4 is 75.1 Å². The zero-order chi connectivity index (χ0) is 29.5. The van der Waals surface area contributed by atoms with E-state index >= 15 is 0 Å². The first kappa shape index (κ1) is 24.8. The summed E-state index contributed by atoms with van der Waals surface area (Å²) >= 11 is 1.91. The minimum atomic E-state index is 1.16. The van der Waals surface area contributed by atoms with Crippen LogP contribution in [0, 0.1) is 0 Å². The van der Waals surface area contributed by atoms with Crippen LogP contribution in [0.5, 0.6) is 0 Å². The Bertz CT molecular complexity index is 2690. The van der Waals surface area contributed by atoms with Crippen LogP contribution in [0.3, 0.4) is 0 Å². The third-order valence-corrected chi connectivity index (χ3v) is 10.5. The van der Waals surface area contributed by atoms with E-state index in [4.69, 9.17) is 0 Å². The highest BCUT2D eigenvalue weighted by molar-refractivity contribution is 7.26. The van der Waals surface area contributed by atoms with E-state index in [1.165, 1.54) is 80.6 Å². The monoisotopic (exact) mass is 590 g/mol. The van der Waals surface area contributed by atoms with Gasteiger partial charge in [0.1, 0.15) is 0 Å². The van der Waals surface area contributed by atoms with E-state index in [2.05, 4.69) is 167 Å². The molecule has 0 atom stereocenters. The number of aromatic nitrogens is 2. The summed E-state index contributed by atoms with van der Waals surface area (Å²) in [6, 6.07) is 57.5. The van der Waals surface area contributed by atoms with Gasteiger partial charge in [-0.3, -0.25) is 0 Å². The minimum absolute atomic E-state index is 1.16. The maximum atomic E-state index is 2.47.